The van der Waals surface area contributed by atoms with E-state index >= 15 is 0 Å². The molecule has 9 aromatic rings. The maximum Gasteiger partial charge on any atom is 0.101 e. The van der Waals surface area contributed by atoms with Gasteiger partial charge in [0.25, 0.3) is 0 Å². The SMILES string of the molecule is CC1(C)c2ccccc2-c2cc(N(c3ccccc3)c3ccc(-c4cccc(-c5nn(-c6ccncc6)c6ccc7ccccc7c56)c4)cc3)ccc21. The monoisotopic (exact) mass is 680 g/mol. The highest BCUT2D eigenvalue weighted by molar-refractivity contribution is 6.13. The molecule has 0 radical (unpaired) electrons. The van der Waals surface area contributed by atoms with Gasteiger partial charge in [0.2, 0.25) is 0 Å². The second-order valence-electron chi connectivity index (χ2n) is 14.3. The molecule has 4 heteroatoms. The first-order valence-electron chi connectivity index (χ1n) is 18.2. The number of hydrogen-bond donors (Lipinski definition) is 0. The maximum absolute atomic E-state index is 5.25. The molecule has 252 valence electrons. The average Bonchev–Trinajstić information content (AvgIpc) is 3.72. The predicted molar refractivity (Wildman–Crippen MR) is 219 cm³/mol. The van der Waals surface area contributed by atoms with Crippen molar-refractivity contribution in [2.45, 2.75) is 19.3 Å². The summed E-state index contributed by atoms with van der Waals surface area (Å²) in [6, 6.07) is 61.1. The van der Waals surface area contributed by atoms with Gasteiger partial charge in [-0.3, -0.25) is 4.98 Å². The number of fused-ring (bicyclic) bond motifs is 6. The minimum absolute atomic E-state index is 0.0330. The van der Waals surface area contributed by atoms with Crippen LogP contribution in [0.3, 0.4) is 0 Å². The van der Waals surface area contributed by atoms with E-state index in [1.54, 1.807) is 0 Å². The van der Waals surface area contributed by atoms with Crippen molar-refractivity contribution in [2.24, 2.45) is 0 Å². The summed E-state index contributed by atoms with van der Waals surface area (Å²) < 4.78 is 2.04. The molecule has 1 aliphatic carbocycles. The Morgan fingerprint density at radius 1 is 0.509 bits per heavy atom. The van der Waals surface area contributed by atoms with Gasteiger partial charge in [0, 0.05) is 45.8 Å². The van der Waals surface area contributed by atoms with Gasteiger partial charge in [-0.15, -0.1) is 0 Å². The van der Waals surface area contributed by atoms with Crippen molar-refractivity contribution in [3.8, 4) is 39.2 Å². The number of para-hydroxylation sites is 1. The van der Waals surface area contributed by atoms with Gasteiger partial charge in [-0.1, -0.05) is 123 Å². The van der Waals surface area contributed by atoms with Gasteiger partial charge in [-0.2, -0.15) is 5.10 Å². The van der Waals surface area contributed by atoms with E-state index < -0.39 is 0 Å². The normalized spacial score (nSPS) is 12.9. The molecule has 0 saturated heterocycles. The molecule has 2 heterocycles. The Hall–Kier alpha value is -6.78. The van der Waals surface area contributed by atoms with E-state index in [-0.39, 0.29) is 5.41 Å². The fourth-order valence-electron chi connectivity index (χ4n) is 8.29. The van der Waals surface area contributed by atoms with Crippen molar-refractivity contribution in [3.63, 3.8) is 0 Å². The number of pyridine rings is 1. The number of nitrogens with zero attached hydrogens (tertiary/aromatic N) is 4. The van der Waals surface area contributed by atoms with Crippen molar-refractivity contribution in [3.05, 3.63) is 193 Å². The summed E-state index contributed by atoms with van der Waals surface area (Å²) in [5.41, 5.74) is 15.1. The molecule has 0 bridgehead atoms. The molecule has 53 heavy (non-hydrogen) atoms. The Kier molecular flexibility index (Phi) is 7.12. The van der Waals surface area contributed by atoms with Crippen LogP contribution in [0.1, 0.15) is 25.0 Å². The lowest BCUT2D eigenvalue weighted by Gasteiger charge is -2.27. The fourth-order valence-corrected chi connectivity index (χ4v) is 8.29. The molecule has 2 aromatic heterocycles. The smallest absolute Gasteiger partial charge is 0.101 e. The van der Waals surface area contributed by atoms with Gasteiger partial charge in [0.05, 0.1) is 11.2 Å². The van der Waals surface area contributed by atoms with Crippen LogP contribution in [0.5, 0.6) is 0 Å². The van der Waals surface area contributed by atoms with E-state index in [0.29, 0.717) is 0 Å². The average molecular weight is 681 g/mol. The first-order chi connectivity index (χ1) is 26.0. The summed E-state index contributed by atoms with van der Waals surface area (Å²) >= 11 is 0. The van der Waals surface area contributed by atoms with Crippen molar-refractivity contribution >= 4 is 38.7 Å². The molecule has 0 saturated carbocycles. The van der Waals surface area contributed by atoms with Crippen LogP contribution >= 0.6 is 0 Å². The predicted octanol–water partition coefficient (Wildman–Crippen LogP) is 12.7. The lowest BCUT2D eigenvalue weighted by atomic mass is 9.82. The zero-order chi connectivity index (χ0) is 35.5. The third-order valence-corrected chi connectivity index (χ3v) is 10.9. The Morgan fingerprint density at radius 3 is 2.06 bits per heavy atom. The van der Waals surface area contributed by atoms with Gasteiger partial charge < -0.3 is 4.90 Å². The summed E-state index contributed by atoms with van der Waals surface area (Å²) in [6.45, 7) is 4.66. The molecular weight excluding hydrogens is 645 g/mol. The number of anilines is 3. The number of rotatable bonds is 6. The minimum Gasteiger partial charge on any atom is -0.310 e. The second-order valence-corrected chi connectivity index (χ2v) is 14.3. The summed E-state index contributed by atoms with van der Waals surface area (Å²) in [5.74, 6) is 0. The highest BCUT2D eigenvalue weighted by Crippen LogP contribution is 2.50. The summed E-state index contributed by atoms with van der Waals surface area (Å²) in [7, 11) is 0. The molecule has 4 nitrogen and oxygen atoms in total. The highest BCUT2D eigenvalue weighted by Gasteiger charge is 2.35. The van der Waals surface area contributed by atoms with E-state index in [2.05, 4.69) is 181 Å². The van der Waals surface area contributed by atoms with Crippen LogP contribution in [0.4, 0.5) is 17.1 Å². The van der Waals surface area contributed by atoms with Gasteiger partial charge in [0.15, 0.2) is 0 Å². The zero-order valence-electron chi connectivity index (χ0n) is 29.6. The Bertz CT molecular complexity index is 2800. The van der Waals surface area contributed by atoms with Crippen LogP contribution in [0.25, 0.3) is 60.9 Å². The van der Waals surface area contributed by atoms with E-state index in [4.69, 9.17) is 5.10 Å². The minimum atomic E-state index is -0.0330. The Morgan fingerprint density at radius 2 is 1.21 bits per heavy atom. The van der Waals surface area contributed by atoms with Gasteiger partial charge in [-0.05, 0) is 105 Å². The van der Waals surface area contributed by atoms with Crippen LogP contribution in [0, 0.1) is 0 Å². The zero-order valence-corrected chi connectivity index (χ0v) is 29.6. The molecule has 7 aromatic carbocycles. The Balaban J connectivity index is 1.06. The highest BCUT2D eigenvalue weighted by atomic mass is 15.3. The largest absolute Gasteiger partial charge is 0.310 e. The first-order valence-corrected chi connectivity index (χ1v) is 18.2. The Labute approximate surface area is 309 Å². The lowest BCUT2D eigenvalue weighted by Crippen LogP contribution is -2.15. The molecule has 0 spiro atoms. The van der Waals surface area contributed by atoms with Crippen molar-refractivity contribution in [1.29, 1.82) is 0 Å². The third-order valence-electron chi connectivity index (χ3n) is 10.9. The van der Waals surface area contributed by atoms with Crippen molar-refractivity contribution < 1.29 is 0 Å². The summed E-state index contributed by atoms with van der Waals surface area (Å²) in [4.78, 5) is 6.60. The van der Waals surface area contributed by atoms with E-state index in [9.17, 15) is 0 Å². The molecule has 0 unspecified atom stereocenters. The van der Waals surface area contributed by atoms with E-state index in [1.807, 2.05) is 29.2 Å². The molecular formula is C49H36N4. The van der Waals surface area contributed by atoms with Crippen molar-refractivity contribution in [2.75, 3.05) is 4.90 Å². The maximum atomic E-state index is 5.25. The van der Waals surface area contributed by atoms with Gasteiger partial charge in [0.1, 0.15) is 5.69 Å². The fraction of sp³-hybridized carbons (Fsp3) is 0.0612. The van der Waals surface area contributed by atoms with Crippen LogP contribution in [-0.2, 0) is 5.41 Å². The van der Waals surface area contributed by atoms with Crippen LogP contribution < -0.4 is 4.90 Å². The third kappa shape index (κ3) is 5.06. The van der Waals surface area contributed by atoms with Gasteiger partial charge in [-0.25, -0.2) is 4.68 Å². The van der Waals surface area contributed by atoms with Gasteiger partial charge >= 0.3 is 0 Å². The molecule has 1 aliphatic rings. The summed E-state index contributed by atoms with van der Waals surface area (Å²) in [5, 5.41) is 8.78. The molecule has 0 aliphatic heterocycles. The van der Waals surface area contributed by atoms with Crippen LogP contribution in [0.15, 0.2) is 182 Å². The summed E-state index contributed by atoms with van der Waals surface area (Å²) in [6.07, 6.45) is 3.63. The number of benzene rings is 7. The molecule has 0 atom stereocenters. The van der Waals surface area contributed by atoms with E-state index in [0.717, 1.165) is 56.0 Å². The standard InChI is InChI=1S/C49H36N4/c1-49(2)44-18-9-8-17-42(44)43-32-40(24-25-45(43)49)52(37-14-4-3-5-15-37)38-22-19-33(20-23-38)35-12-10-13-36(31-35)48-47-41-16-7-6-11-34(41)21-26-46(47)53(51-48)39-27-29-50-30-28-39/h3-32H,1-2H3. The van der Waals surface area contributed by atoms with Crippen molar-refractivity contribution in [1.82, 2.24) is 14.8 Å². The topological polar surface area (TPSA) is 34.0 Å². The van der Waals surface area contributed by atoms with Crippen LogP contribution in [-0.4, -0.2) is 14.8 Å². The molecule has 0 amide bonds. The molecule has 0 fully saturated rings. The molecule has 10 rings (SSSR count). The van der Waals surface area contributed by atoms with Crippen LogP contribution in [0.2, 0.25) is 0 Å². The molecule has 0 N–H and O–H groups in total. The first kappa shape index (κ1) is 31.0. The second kappa shape index (κ2) is 12.2. The van der Waals surface area contributed by atoms with E-state index in [1.165, 1.54) is 33.0 Å². The lowest BCUT2D eigenvalue weighted by molar-refractivity contribution is 0.660. The quantitative estimate of drug-likeness (QED) is 0.175. The number of aromatic nitrogens is 3. The number of hydrogen-bond acceptors (Lipinski definition) is 3.